The van der Waals surface area contributed by atoms with Gasteiger partial charge in [0.2, 0.25) is 0 Å². The van der Waals surface area contributed by atoms with E-state index in [1.807, 2.05) is 32.9 Å². The van der Waals surface area contributed by atoms with Gasteiger partial charge in [0.25, 0.3) is 15.2 Å². The summed E-state index contributed by atoms with van der Waals surface area (Å²) >= 11 is 6.09. The molecule has 0 bridgehead atoms. The Kier molecular flexibility index (Phi) is 3.86. The third kappa shape index (κ3) is 2.70. The van der Waals surface area contributed by atoms with Crippen LogP contribution in [0.1, 0.15) is 25.5 Å². The summed E-state index contributed by atoms with van der Waals surface area (Å²) in [4.78, 5) is 0. The quantitative estimate of drug-likeness (QED) is 0.939. The molecule has 0 aliphatic rings. The number of nitrogens with two attached hydrogens (primary N) is 1. The van der Waals surface area contributed by atoms with Crippen molar-refractivity contribution in [2.75, 3.05) is 0 Å². The second kappa shape index (κ2) is 5.16. The highest BCUT2D eigenvalue weighted by atomic mass is 35.5. The SMILES string of the molecule is Cc1ccc(-c2nnc(S(N)(=O)=O)n2C(C)C)cc1Cl. The van der Waals surface area contributed by atoms with Crippen LogP contribution in [0.2, 0.25) is 5.02 Å². The van der Waals surface area contributed by atoms with Gasteiger partial charge in [0.1, 0.15) is 0 Å². The first-order valence-corrected chi connectivity index (χ1v) is 7.88. The average Bonchev–Trinajstić information content (AvgIpc) is 2.77. The van der Waals surface area contributed by atoms with Crippen LogP contribution in [0.5, 0.6) is 0 Å². The van der Waals surface area contributed by atoms with Crippen molar-refractivity contribution in [2.24, 2.45) is 5.14 Å². The van der Waals surface area contributed by atoms with E-state index in [0.717, 1.165) is 5.56 Å². The topological polar surface area (TPSA) is 90.9 Å². The zero-order chi connectivity index (χ0) is 15.1. The summed E-state index contributed by atoms with van der Waals surface area (Å²) in [5.74, 6) is 0.422. The van der Waals surface area contributed by atoms with Crippen molar-refractivity contribution in [2.45, 2.75) is 32.0 Å². The first-order chi connectivity index (χ1) is 9.21. The number of rotatable bonds is 3. The molecule has 20 heavy (non-hydrogen) atoms. The minimum absolute atomic E-state index is 0.159. The standard InChI is InChI=1S/C12H15ClN4O2S/c1-7(2)17-11(15-16-12(17)20(14,18)19)9-5-4-8(3)10(13)6-9/h4-7H,1-3H3,(H2,14,18,19). The summed E-state index contributed by atoms with van der Waals surface area (Å²) in [5.41, 5.74) is 1.62. The van der Waals surface area contributed by atoms with E-state index in [4.69, 9.17) is 16.7 Å². The lowest BCUT2D eigenvalue weighted by Crippen LogP contribution is -2.20. The van der Waals surface area contributed by atoms with E-state index in [1.165, 1.54) is 4.57 Å². The highest BCUT2D eigenvalue weighted by Crippen LogP contribution is 2.27. The molecule has 8 heteroatoms. The third-order valence-electron chi connectivity index (χ3n) is 2.87. The summed E-state index contributed by atoms with van der Waals surface area (Å²) in [6.45, 7) is 5.55. The number of halogens is 1. The van der Waals surface area contributed by atoms with Gasteiger partial charge in [-0.2, -0.15) is 0 Å². The highest BCUT2D eigenvalue weighted by Gasteiger charge is 2.23. The Morgan fingerprint density at radius 1 is 1.30 bits per heavy atom. The summed E-state index contributed by atoms with van der Waals surface area (Å²) in [5, 5.41) is 13.1. The number of benzene rings is 1. The molecule has 1 aromatic carbocycles. The molecule has 2 aromatic rings. The molecular formula is C12H15ClN4O2S. The number of hydrogen-bond donors (Lipinski definition) is 1. The number of hydrogen-bond acceptors (Lipinski definition) is 4. The van der Waals surface area contributed by atoms with Crippen molar-refractivity contribution in [3.05, 3.63) is 28.8 Å². The number of primary sulfonamides is 1. The second-order valence-corrected chi connectivity index (χ2v) is 6.64. The molecule has 0 aliphatic heterocycles. The van der Waals surface area contributed by atoms with Crippen LogP contribution < -0.4 is 5.14 Å². The molecule has 1 aromatic heterocycles. The van der Waals surface area contributed by atoms with Gasteiger partial charge in [-0.05, 0) is 32.4 Å². The maximum Gasteiger partial charge on any atom is 0.273 e. The number of aromatic nitrogens is 3. The number of sulfonamides is 1. The van der Waals surface area contributed by atoms with Crippen LogP contribution in [0.25, 0.3) is 11.4 Å². The lowest BCUT2D eigenvalue weighted by molar-refractivity contribution is 0.524. The van der Waals surface area contributed by atoms with Crippen LogP contribution >= 0.6 is 11.6 Å². The van der Waals surface area contributed by atoms with E-state index in [1.54, 1.807) is 6.07 Å². The molecule has 108 valence electrons. The van der Waals surface area contributed by atoms with E-state index >= 15 is 0 Å². The van der Waals surface area contributed by atoms with Crippen molar-refractivity contribution >= 4 is 21.6 Å². The van der Waals surface area contributed by atoms with Crippen molar-refractivity contribution in [3.63, 3.8) is 0 Å². The van der Waals surface area contributed by atoms with Crippen LogP contribution in [0.15, 0.2) is 23.4 Å². The lowest BCUT2D eigenvalue weighted by atomic mass is 10.1. The molecule has 6 nitrogen and oxygen atoms in total. The van der Waals surface area contributed by atoms with Gasteiger partial charge in [-0.25, -0.2) is 13.6 Å². The molecule has 0 amide bonds. The Balaban J connectivity index is 2.69. The van der Waals surface area contributed by atoms with Crippen LogP contribution in [0.3, 0.4) is 0 Å². The first kappa shape index (κ1) is 15.0. The van der Waals surface area contributed by atoms with Crippen LogP contribution in [-0.2, 0) is 10.0 Å². The molecule has 2 N–H and O–H groups in total. The van der Waals surface area contributed by atoms with Crippen molar-refractivity contribution < 1.29 is 8.42 Å². The van der Waals surface area contributed by atoms with Gasteiger partial charge in [-0.15, -0.1) is 10.2 Å². The molecule has 2 rings (SSSR count). The van der Waals surface area contributed by atoms with Gasteiger partial charge >= 0.3 is 0 Å². The fourth-order valence-electron chi connectivity index (χ4n) is 1.87. The minimum Gasteiger partial charge on any atom is -0.294 e. The maximum absolute atomic E-state index is 11.6. The van der Waals surface area contributed by atoms with Crippen LogP contribution in [0.4, 0.5) is 0 Å². The maximum atomic E-state index is 11.6. The molecule has 0 radical (unpaired) electrons. The van der Waals surface area contributed by atoms with Gasteiger partial charge in [-0.3, -0.25) is 4.57 Å². The first-order valence-electron chi connectivity index (χ1n) is 5.96. The molecule has 1 heterocycles. The molecule has 0 saturated carbocycles. The Bertz CT molecular complexity index is 753. The predicted octanol–water partition coefficient (Wildman–Crippen LogP) is 2.14. The zero-order valence-corrected chi connectivity index (χ0v) is 12.9. The van der Waals surface area contributed by atoms with Crippen LogP contribution in [0, 0.1) is 6.92 Å². The molecule has 0 fully saturated rings. The Morgan fingerprint density at radius 3 is 2.45 bits per heavy atom. The predicted molar refractivity (Wildman–Crippen MR) is 77.0 cm³/mol. The fraction of sp³-hybridized carbons (Fsp3) is 0.333. The van der Waals surface area contributed by atoms with Crippen LogP contribution in [-0.4, -0.2) is 23.2 Å². The fourth-order valence-corrected chi connectivity index (χ4v) is 2.77. The highest BCUT2D eigenvalue weighted by molar-refractivity contribution is 7.89. The Hall–Kier alpha value is -1.44. The van der Waals surface area contributed by atoms with E-state index < -0.39 is 10.0 Å². The number of nitrogens with zero attached hydrogens (tertiary/aromatic N) is 3. The Labute approximate surface area is 122 Å². The normalized spacial score (nSPS) is 12.1. The summed E-state index contributed by atoms with van der Waals surface area (Å²) in [6, 6.07) is 5.23. The summed E-state index contributed by atoms with van der Waals surface area (Å²) in [7, 11) is -3.93. The Morgan fingerprint density at radius 2 is 1.95 bits per heavy atom. The van der Waals surface area contributed by atoms with Crippen molar-refractivity contribution in [1.29, 1.82) is 0 Å². The van der Waals surface area contributed by atoms with Gasteiger partial charge < -0.3 is 0 Å². The van der Waals surface area contributed by atoms with E-state index in [0.29, 0.717) is 16.4 Å². The van der Waals surface area contributed by atoms with Gasteiger partial charge in [-0.1, -0.05) is 23.7 Å². The average molecular weight is 315 g/mol. The van der Waals surface area contributed by atoms with Gasteiger partial charge in [0.05, 0.1) is 0 Å². The molecule has 0 aliphatic carbocycles. The van der Waals surface area contributed by atoms with E-state index in [2.05, 4.69) is 10.2 Å². The molecule has 0 unspecified atom stereocenters. The van der Waals surface area contributed by atoms with Crippen molar-refractivity contribution in [3.8, 4) is 11.4 Å². The molecular weight excluding hydrogens is 300 g/mol. The zero-order valence-electron chi connectivity index (χ0n) is 11.3. The van der Waals surface area contributed by atoms with Gasteiger partial charge in [0.15, 0.2) is 5.82 Å². The monoisotopic (exact) mass is 314 g/mol. The van der Waals surface area contributed by atoms with Gasteiger partial charge in [0, 0.05) is 16.6 Å². The summed E-state index contributed by atoms with van der Waals surface area (Å²) < 4.78 is 24.6. The second-order valence-electron chi connectivity index (χ2n) is 4.78. The van der Waals surface area contributed by atoms with E-state index in [9.17, 15) is 8.42 Å². The molecule has 0 saturated heterocycles. The number of aryl methyl sites for hydroxylation is 1. The minimum atomic E-state index is -3.93. The van der Waals surface area contributed by atoms with E-state index in [-0.39, 0.29) is 11.2 Å². The summed E-state index contributed by atoms with van der Waals surface area (Å²) in [6.07, 6.45) is 0. The smallest absolute Gasteiger partial charge is 0.273 e. The largest absolute Gasteiger partial charge is 0.294 e. The molecule has 0 atom stereocenters. The van der Waals surface area contributed by atoms with Crippen molar-refractivity contribution in [1.82, 2.24) is 14.8 Å². The molecule has 0 spiro atoms. The third-order valence-corrected chi connectivity index (χ3v) is 4.06. The lowest BCUT2D eigenvalue weighted by Gasteiger charge is -2.13.